The second-order valence-corrected chi connectivity index (χ2v) is 8.47. The maximum Gasteiger partial charge on any atom is 0.258 e. The Morgan fingerprint density at radius 3 is 2.40 bits per heavy atom. The molecule has 1 aliphatic rings. The highest BCUT2D eigenvalue weighted by molar-refractivity contribution is 5.85. The molecule has 0 aromatic heterocycles. The van der Waals surface area contributed by atoms with Gasteiger partial charge in [0.2, 0.25) is 0 Å². The second-order valence-electron chi connectivity index (χ2n) is 8.47. The van der Waals surface area contributed by atoms with Crippen LogP contribution in [0.5, 0.6) is 5.75 Å². The quantitative estimate of drug-likeness (QED) is 0.306. The van der Waals surface area contributed by atoms with Crippen molar-refractivity contribution in [2.45, 2.75) is 39.0 Å². The first-order valence-corrected chi connectivity index (χ1v) is 12.1. The van der Waals surface area contributed by atoms with E-state index in [1.165, 1.54) is 5.69 Å². The lowest BCUT2D eigenvalue weighted by molar-refractivity contribution is -0.122. The zero-order valence-corrected chi connectivity index (χ0v) is 20.3. The maximum atomic E-state index is 12.6. The molecule has 1 heterocycles. The summed E-state index contributed by atoms with van der Waals surface area (Å²) in [4.78, 5) is 14.8. The summed E-state index contributed by atoms with van der Waals surface area (Å²) in [6.45, 7) is 6.75. The molecule has 1 saturated heterocycles. The smallest absolute Gasteiger partial charge is 0.258 e. The molecular weight excluding hydrogens is 438 g/mol. The molecule has 3 aromatic carbocycles. The Bertz CT molecular complexity index is 1100. The Hall–Kier alpha value is -3.68. The molecule has 0 spiro atoms. The van der Waals surface area contributed by atoms with E-state index in [-0.39, 0.29) is 18.0 Å². The molecule has 3 N–H and O–H groups in total. The van der Waals surface area contributed by atoms with Crippen molar-refractivity contribution in [3.63, 3.8) is 0 Å². The number of hydrogen-bond acceptors (Lipinski definition) is 6. The Morgan fingerprint density at radius 2 is 1.71 bits per heavy atom. The van der Waals surface area contributed by atoms with Gasteiger partial charge in [0.15, 0.2) is 0 Å². The van der Waals surface area contributed by atoms with Gasteiger partial charge in [-0.2, -0.15) is 5.10 Å². The number of nitrogens with zero attached hydrogens (tertiary/aromatic N) is 2. The minimum absolute atomic E-state index is 0.0329. The van der Waals surface area contributed by atoms with Gasteiger partial charge < -0.3 is 9.64 Å². The van der Waals surface area contributed by atoms with Crippen LogP contribution >= 0.6 is 0 Å². The number of anilines is 1. The van der Waals surface area contributed by atoms with Gasteiger partial charge in [0, 0.05) is 24.8 Å². The van der Waals surface area contributed by atoms with Crippen LogP contribution in [-0.4, -0.2) is 31.3 Å². The number of ether oxygens (including phenoxy) is 1. The third kappa shape index (κ3) is 6.68. The van der Waals surface area contributed by atoms with Crippen molar-refractivity contribution in [2.24, 2.45) is 5.10 Å². The lowest BCUT2D eigenvalue weighted by Crippen LogP contribution is -2.41. The molecule has 35 heavy (non-hydrogen) atoms. The summed E-state index contributed by atoms with van der Waals surface area (Å²) in [6.07, 6.45) is 2.29. The fraction of sp³-hybridized carbons (Fsp3) is 0.286. The van der Waals surface area contributed by atoms with Crippen LogP contribution in [0.15, 0.2) is 84.0 Å². The average molecular weight is 472 g/mol. The zero-order chi connectivity index (χ0) is 24.5. The second kappa shape index (κ2) is 12.1. The van der Waals surface area contributed by atoms with E-state index in [1.807, 2.05) is 66.7 Å². The number of carbonyl (C=O) groups is 1. The molecule has 2 unspecified atom stereocenters. The molecular formula is C28H33N5O2. The van der Waals surface area contributed by atoms with Crippen LogP contribution in [0.3, 0.4) is 0 Å². The first kappa shape index (κ1) is 24.4. The molecule has 1 fully saturated rings. The number of benzene rings is 3. The number of hydrazine groups is 1. The van der Waals surface area contributed by atoms with Gasteiger partial charge in [0.25, 0.3) is 5.91 Å². The summed E-state index contributed by atoms with van der Waals surface area (Å²) in [5.74, 6) is 0.649. The predicted molar refractivity (Wildman–Crippen MR) is 140 cm³/mol. The molecule has 1 amide bonds. The summed E-state index contributed by atoms with van der Waals surface area (Å²) in [5, 5.41) is 4.13. The van der Waals surface area contributed by atoms with Crippen molar-refractivity contribution in [3.05, 3.63) is 95.6 Å². The number of carbonyl (C=O) groups excluding carboxylic acids is 1. The van der Waals surface area contributed by atoms with Crippen LogP contribution in [0.25, 0.3) is 0 Å². The molecule has 0 aliphatic carbocycles. The summed E-state index contributed by atoms with van der Waals surface area (Å²) in [6, 6.07) is 25.9. The van der Waals surface area contributed by atoms with Crippen LogP contribution in [-0.2, 0) is 11.4 Å². The molecule has 3 aromatic rings. The zero-order valence-electron chi connectivity index (χ0n) is 20.3. The van der Waals surface area contributed by atoms with Crippen molar-refractivity contribution >= 4 is 17.8 Å². The van der Waals surface area contributed by atoms with E-state index in [2.05, 4.69) is 52.3 Å². The third-order valence-corrected chi connectivity index (χ3v) is 6.16. The average Bonchev–Trinajstić information content (AvgIpc) is 3.40. The van der Waals surface area contributed by atoms with Gasteiger partial charge in [-0.3, -0.25) is 4.79 Å². The topological polar surface area (TPSA) is 78.0 Å². The fourth-order valence-electron chi connectivity index (χ4n) is 4.09. The van der Waals surface area contributed by atoms with Crippen molar-refractivity contribution in [2.75, 3.05) is 18.0 Å². The lowest BCUT2D eigenvalue weighted by atomic mass is 10.0. The fourth-order valence-corrected chi connectivity index (χ4v) is 4.09. The summed E-state index contributed by atoms with van der Waals surface area (Å²) in [7, 11) is 0. The van der Waals surface area contributed by atoms with E-state index in [0.29, 0.717) is 13.0 Å². The number of hydrazone groups is 1. The van der Waals surface area contributed by atoms with Crippen molar-refractivity contribution in [1.29, 1.82) is 0 Å². The molecule has 7 heteroatoms. The van der Waals surface area contributed by atoms with Gasteiger partial charge in [-0.1, -0.05) is 54.6 Å². The highest BCUT2D eigenvalue weighted by Gasteiger charge is 2.30. The SMILES string of the molecule is CCN(CC)c1ccc(/C=N/NC(=O)C2CC(c3ccc(OCc4ccccc4)cc3)NN2)cc1. The molecule has 0 saturated carbocycles. The Morgan fingerprint density at radius 1 is 1.00 bits per heavy atom. The minimum atomic E-state index is -0.365. The first-order chi connectivity index (χ1) is 17.2. The lowest BCUT2D eigenvalue weighted by Gasteiger charge is -2.20. The minimum Gasteiger partial charge on any atom is -0.489 e. The van der Waals surface area contributed by atoms with Gasteiger partial charge in [0.05, 0.1) is 6.21 Å². The monoisotopic (exact) mass is 471 g/mol. The van der Waals surface area contributed by atoms with Crippen LogP contribution in [0.1, 0.15) is 43.0 Å². The molecule has 4 rings (SSSR count). The van der Waals surface area contributed by atoms with E-state index in [1.54, 1.807) is 6.21 Å². The van der Waals surface area contributed by atoms with Crippen LogP contribution in [0.4, 0.5) is 5.69 Å². The maximum absolute atomic E-state index is 12.6. The summed E-state index contributed by atoms with van der Waals surface area (Å²) < 4.78 is 5.86. The van der Waals surface area contributed by atoms with Gasteiger partial charge in [-0.25, -0.2) is 16.3 Å². The molecule has 0 bridgehead atoms. The molecule has 182 valence electrons. The largest absolute Gasteiger partial charge is 0.489 e. The van der Waals surface area contributed by atoms with Crippen molar-refractivity contribution < 1.29 is 9.53 Å². The Balaban J connectivity index is 1.24. The van der Waals surface area contributed by atoms with Gasteiger partial charge >= 0.3 is 0 Å². The van der Waals surface area contributed by atoms with Gasteiger partial charge in [0.1, 0.15) is 18.4 Å². The van der Waals surface area contributed by atoms with E-state index in [4.69, 9.17) is 4.74 Å². The third-order valence-electron chi connectivity index (χ3n) is 6.16. The predicted octanol–water partition coefficient (Wildman–Crippen LogP) is 4.17. The van der Waals surface area contributed by atoms with E-state index in [9.17, 15) is 4.79 Å². The highest BCUT2D eigenvalue weighted by Crippen LogP contribution is 2.25. The van der Waals surface area contributed by atoms with Crippen LogP contribution < -0.4 is 25.9 Å². The highest BCUT2D eigenvalue weighted by atomic mass is 16.5. The van der Waals surface area contributed by atoms with Crippen LogP contribution in [0, 0.1) is 0 Å². The van der Waals surface area contributed by atoms with Crippen molar-refractivity contribution in [3.8, 4) is 5.75 Å². The van der Waals surface area contributed by atoms with E-state index in [0.717, 1.165) is 35.5 Å². The Kier molecular flexibility index (Phi) is 8.48. The molecule has 1 aliphatic heterocycles. The van der Waals surface area contributed by atoms with Crippen molar-refractivity contribution in [1.82, 2.24) is 16.3 Å². The van der Waals surface area contributed by atoms with Gasteiger partial charge in [-0.05, 0) is 61.2 Å². The van der Waals surface area contributed by atoms with Gasteiger partial charge in [-0.15, -0.1) is 0 Å². The van der Waals surface area contributed by atoms with Crippen LogP contribution in [0.2, 0.25) is 0 Å². The molecule has 0 radical (unpaired) electrons. The van der Waals surface area contributed by atoms with E-state index >= 15 is 0 Å². The summed E-state index contributed by atoms with van der Waals surface area (Å²) >= 11 is 0. The number of rotatable bonds is 10. The first-order valence-electron chi connectivity index (χ1n) is 12.1. The summed E-state index contributed by atoms with van der Waals surface area (Å²) in [5.41, 5.74) is 13.3. The standard InChI is InChI=1S/C28H33N5O2/c1-3-33(4-2)24-14-10-21(11-15-24)19-29-32-28(34)27-18-26(30-31-27)23-12-16-25(17-13-23)35-20-22-8-6-5-7-9-22/h5-17,19,26-27,30-31H,3-4,18,20H2,1-2H3,(H,32,34)/b29-19+. The number of nitrogens with one attached hydrogen (secondary N) is 3. The van der Waals surface area contributed by atoms with E-state index < -0.39 is 0 Å². The normalized spacial score (nSPS) is 17.4. The molecule has 7 nitrogen and oxygen atoms in total. The molecule has 2 atom stereocenters. The Labute approximate surface area is 207 Å². The number of hydrogen-bond donors (Lipinski definition) is 3. The number of amides is 1.